The molecule has 0 radical (unpaired) electrons. The summed E-state index contributed by atoms with van der Waals surface area (Å²) in [6, 6.07) is 72.6. The highest BCUT2D eigenvalue weighted by Gasteiger charge is 2.20. The van der Waals surface area contributed by atoms with E-state index in [9.17, 15) is 0 Å². The highest BCUT2D eigenvalue weighted by atomic mass is 16.3. The third-order valence-electron chi connectivity index (χ3n) is 12.2. The Labute approximate surface area is 332 Å². The van der Waals surface area contributed by atoms with E-state index in [1.54, 1.807) is 0 Å². The van der Waals surface area contributed by atoms with Gasteiger partial charge in [0.2, 0.25) is 0 Å². The van der Waals surface area contributed by atoms with Gasteiger partial charge in [0.25, 0.3) is 0 Å². The molecule has 13 aromatic rings. The van der Waals surface area contributed by atoms with Crippen molar-refractivity contribution >= 4 is 87.4 Å². The molecule has 0 aliphatic rings. The summed E-state index contributed by atoms with van der Waals surface area (Å²) in [5.74, 6) is 0. The molecular weight excluding hydrogens is 707 g/mol. The van der Waals surface area contributed by atoms with Crippen LogP contribution in [-0.4, -0.2) is 13.7 Å². The van der Waals surface area contributed by atoms with Crippen molar-refractivity contribution in [2.45, 2.75) is 0 Å². The van der Waals surface area contributed by atoms with Crippen molar-refractivity contribution < 1.29 is 4.42 Å². The predicted octanol–water partition coefficient (Wildman–Crippen LogP) is 14.5. The van der Waals surface area contributed by atoms with E-state index >= 15 is 0 Å². The fourth-order valence-electron chi connectivity index (χ4n) is 9.74. The SMILES string of the molecule is c1ccc2c(c1)oc1c(-n3c4ccccc4c4cc(-c5cc(-n6c7ccccc7c7ccccc76)cc(-n6c7ccccc7c7ccccc76)c5)ccc43)cccc12. The van der Waals surface area contributed by atoms with Crippen molar-refractivity contribution in [2.24, 2.45) is 0 Å². The molecule has 0 saturated carbocycles. The molecule has 9 aromatic carbocycles. The molecule has 0 aliphatic heterocycles. The van der Waals surface area contributed by atoms with Crippen LogP contribution in [0.5, 0.6) is 0 Å². The van der Waals surface area contributed by atoms with Crippen LogP contribution < -0.4 is 0 Å². The molecule has 0 amide bonds. The number of aromatic nitrogens is 3. The lowest BCUT2D eigenvalue weighted by atomic mass is 10.0. The molecule has 4 heterocycles. The van der Waals surface area contributed by atoms with Crippen LogP contribution in [-0.2, 0) is 0 Å². The van der Waals surface area contributed by atoms with E-state index in [1.165, 1.54) is 54.4 Å². The fourth-order valence-corrected chi connectivity index (χ4v) is 9.74. The van der Waals surface area contributed by atoms with Gasteiger partial charge in [-0.15, -0.1) is 0 Å². The van der Waals surface area contributed by atoms with Crippen LogP contribution in [0.2, 0.25) is 0 Å². The molecule has 4 nitrogen and oxygen atoms in total. The Kier molecular flexibility index (Phi) is 6.41. The van der Waals surface area contributed by atoms with Crippen LogP contribution in [0.15, 0.2) is 205 Å². The molecule has 0 bridgehead atoms. The van der Waals surface area contributed by atoms with Crippen LogP contribution in [0.1, 0.15) is 0 Å². The zero-order valence-corrected chi connectivity index (χ0v) is 31.3. The molecule has 270 valence electrons. The Balaban J connectivity index is 1.10. The Morgan fingerprint density at radius 3 is 1.26 bits per heavy atom. The van der Waals surface area contributed by atoms with Gasteiger partial charge in [-0.2, -0.15) is 0 Å². The van der Waals surface area contributed by atoms with Crippen molar-refractivity contribution in [3.8, 4) is 28.2 Å². The van der Waals surface area contributed by atoms with Crippen molar-refractivity contribution in [3.63, 3.8) is 0 Å². The van der Waals surface area contributed by atoms with Crippen LogP contribution in [0, 0.1) is 0 Å². The summed E-state index contributed by atoms with van der Waals surface area (Å²) >= 11 is 0. The van der Waals surface area contributed by atoms with E-state index in [-0.39, 0.29) is 0 Å². The first kappa shape index (κ1) is 31.4. The highest BCUT2D eigenvalue weighted by molar-refractivity contribution is 6.14. The summed E-state index contributed by atoms with van der Waals surface area (Å²) < 4.78 is 13.8. The second kappa shape index (κ2) is 11.8. The van der Waals surface area contributed by atoms with Crippen molar-refractivity contribution in [1.82, 2.24) is 13.7 Å². The maximum absolute atomic E-state index is 6.59. The normalized spacial score (nSPS) is 12.1. The summed E-state index contributed by atoms with van der Waals surface area (Å²) in [5.41, 5.74) is 14.4. The van der Waals surface area contributed by atoms with Gasteiger partial charge in [0.05, 0.1) is 38.8 Å². The van der Waals surface area contributed by atoms with Crippen LogP contribution in [0.3, 0.4) is 0 Å². The third-order valence-corrected chi connectivity index (χ3v) is 12.2. The minimum absolute atomic E-state index is 0.894. The van der Waals surface area contributed by atoms with E-state index in [2.05, 4.69) is 208 Å². The maximum atomic E-state index is 6.59. The lowest BCUT2D eigenvalue weighted by molar-refractivity contribution is 0.666. The van der Waals surface area contributed by atoms with E-state index in [0.717, 1.165) is 61.2 Å². The van der Waals surface area contributed by atoms with E-state index in [0.29, 0.717) is 0 Å². The number of nitrogens with zero attached hydrogens (tertiary/aromatic N) is 3. The maximum Gasteiger partial charge on any atom is 0.159 e. The molecule has 4 heteroatoms. The Morgan fingerprint density at radius 2 is 0.707 bits per heavy atom. The molecule has 0 aliphatic carbocycles. The second-order valence-electron chi connectivity index (χ2n) is 15.3. The first-order valence-electron chi connectivity index (χ1n) is 19.8. The van der Waals surface area contributed by atoms with Gasteiger partial charge in [-0.25, -0.2) is 0 Å². The lowest BCUT2D eigenvalue weighted by Gasteiger charge is -2.16. The van der Waals surface area contributed by atoms with E-state index in [1.807, 2.05) is 6.07 Å². The predicted molar refractivity (Wildman–Crippen MR) is 242 cm³/mol. The summed E-state index contributed by atoms with van der Waals surface area (Å²) in [5, 5.41) is 9.63. The monoisotopic (exact) mass is 739 g/mol. The fraction of sp³-hybridized carbons (Fsp3) is 0. The number of hydrogen-bond acceptors (Lipinski definition) is 1. The molecule has 58 heavy (non-hydrogen) atoms. The molecule has 13 rings (SSSR count). The zero-order chi connectivity index (χ0) is 37.9. The summed E-state index contributed by atoms with van der Waals surface area (Å²) in [6.07, 6.45) is 0. The minimum Gasteiger partial charge on any atom is -0.454 e. The van der Waals surface area contributed by atoms with Crippen LogP contribution in [0.4, 0.5) is 0 Å². The molecular formula is C54H33N3O. The van der Waals surface area contributed by atoms with Gasteiger partial charge in [0.1, 0.15) is 5.58 Å². The van der Waals surface area contributed by atoms with Gasteiger partial charge >= 0.3 is 0 Å². The zero-order valence-electron chi connectivity index (χ0n) is 31.3. The van der Waals surface area contributed by atoms with Crippen LogP contribution >= 0.6 is 0 Å². The van der Waals surface area contributed by atoms with E-state index in [4.69, 9.17) is 4.42 Å². The third kappa shape index (κ3) is 4.34. The van der Waals surface area contributed by atoms with Gasteiger partial charge in [-0.3, -0.25) is 0 Å². The van der Waals surface area contributed by atoms with Gasteiger partial charge in [0, 0.05) is 54.5 Å². The standard InChI is InChI=1S/C54H33N3O/c1-7-21-46-38(14-1)39-15-2-8-22-47(39)55(46)36-30-35(31-37(33-36)56-48-23-9-3-16-40(48)41-17-4-10-24-49(41)56)34-28-29-51-45(32-34)42-18-5-11-25-50(42)57(51)52-26-13-20-44-43-19-6-12-27-53(43)58-54(44)52/h1-33H. The average molecular weight is 740 g/mol. The molecule has 0 N–H and O–H groups in total. The van der Waals surface area contributed by atoms with Gasteiger partial charge in [-0.05, 0) is 83.9 Å². The molecule has 4 aromatic heterocycles. The lowest BCUT2D eigenvalue weighted by Crippen LogP contribution is -2.00. The quantitative estimate of drug-likeness (QED) is 0.177. The number of para-hydroxylation sites is 7. The van der Waals surface area contributed by atoms with E-state index < -0.39 is 0 Å². The van der Waals surface area contributed by atoms with Gasteiger partial charge < -0.3 is 18.1 Å². The van der Waals surface area contributed by atoms with Crippen LogP contribution in [0.25, 0.3) is 116 Å². The molecule has 0 unspecified atom stereocenters. The summed E-state index contributed by atoms with van der Waals surface area (Å²) in [4.78, 5) is 0. The summed E-state index contributed by atoms with van der Waals surface area (Å²) in [6.45, 7) is 0. The first-order valence-corrected chi connectivity index (χ1v) is 19.8. The second-order valence-corrected chi connectivity index (χ2v) is 15.3. The first-order chi connectivity index (χ1) is 28.8. The topological polar surface area (TPSA) is 27.9 Å². The van der Waals surface area contributed by atoms with Crippen molar-refractivity contribution in [3.05, 3.63) is 200 Å². The Hall–Kier alpha value is -7.82. The molecule has 0 spiro atoms. The number of hydrogen-bond donors (Lipinski definition) is 0. The van der Waals surface area contributed by atoms with Crippen molar-refractivity contribution in [2.75, 3.05) is 0 Å². The average Bonchev–Trinajstić information content (AvgIpc) is 4.03. The molecule has 0 saturated heterocycles. The van der Waals surface area contributed by atoms with Gasteiger partial charge in [0.15, 0.2) is 5.58 Å². The smallest absolute Gasteiger partial charge is 0.159 e. The summed E-state index contributed by atoms with van der Waals surface area (Å²) in [7, 11) is 0. The Morgan fingerprint density at radius 1 is 0.276 bits per heavy atom. The molecule has 0 fully saturated rings. The number of benzene rings is 9. The number of furan rings is 1. The van der Waals surface area contributed by atoms with Crippen molar-refractivity contribution in [1.29, 1.82) is 0 Å². The Bertz CT molecular complexity index is 3580. The number of rotatable bonds is 4. The largest absolute Gasteiger partial charge is 0.454 e. The van der Waals surface area contributed by atoms with Gasteiger partial charge in [-0.1, -0.05) is 127 Å². The highest BCUT2D eigenvalue weighted by Crippen LogP contribution is 2.41. The molecule has 0 atom stereocenters. The minimum atomic E-state index is 0.894. The number of fused-ring (bicyclic) bond motifs is 12.